The number of halogens is 2. The van der Waals surface area contributed by atoms with Crippen LogP contribution in [0.2, 0.25) is 5.02 Å². The summed E-state index contributed by atoms with van der Waals surface area (Å²) in [4.78, 5) is 11.8. The van der Waals surface area contributed by atoms with Gasteiger partial charge in [-0.1, -0.05) is 28.9 Å². The predicted molar refractivity (Wildman–Crippen MR) is 84.5 cm³/mol. The summed E-state index contributed by atoms with van der Waals surface area (Å²) in [6.07, 6.45) is 0. The van der Waals surface area contributed by atoms with Gasteiger partial charge in [0.15, 0.2) is 16.2 Å². The summed E-state index contributed by atoms with van der Waals surface area (Å²) in [6.45, 7) is 0.220. The summed E-state index contributed by atoms with van der Waals surface area (Å²) in [5.74, 6) is 0.448. The molecule has 0 bridgehead atoms. The highest BCUT2D eigenvalue weighted by Gasteiger charge is 2.12. The normalized spacial score (nSPS) is 10.6. The zero-order chi connectivity index (χ0) is 15.5. The van der Waals surface area contributed by atoms with E-state index in [9.17, 15) is 4.79 Å². The average molecular weight is 382 g/mol. The lowest BCUT2D eigenvalue weighted by molar-refractivity contribution is 0.0918. The fourth-order valence-corrected chi connectivity index (χ4v) is 2.28. The number of carbonyl (C=O) groups is 1. The first-order chi connectivity index (χ1) is 10.6. The largest absolute Gasteiger partial charge is 0.444 e. The van der Waals surface area contributed by atoms with Gasteiger partial charge < -0.3 is 14.3 Å². The van der Waals surface area contributed by atoms with Crippen molar-refractivity contribution in [3.63, 3.8) is 0 Å². The van der Waals surface area contributed by atoms with Gasteiger partial charge in [0, 0.05) is 16.7 Å². The number of aromatic nitrogens is 1. The molecule has 0 fully saturated rings. The molecule has 112 valence electrons. The van der Waals surface area contributed by atoms with E-state index >= 15 is 0 Å². The van der Waals surface area contributed by atoms with Crippen molar-refractivity contribution in [2.24, 2.45) is 0 Å². The summed E-state index contributed by atoms with van der Waals surface area (Å²) in [6, 6.07) is 12.3. The van der Waals surface area contributed by atoms with Crippen LogP contribution >= 0.6 is 27.5 Å². The van der Waals surface area contributed by atoms with Crippen molar-refractivity contribution in [3.05, 3.63) is 63.7 Å². The van der Waals surface area contributed by atoms with Gasteiger partial charge in [-0.25, -0.2) is 0 Å². The molecule has 2 heterocycles. The summed E-state index contributed by atoms with van der Waals surface area (Å²) < 4.78 is 10.9. The van der Waals surface area contributed by atoms with E-state index < -0.39 is 0 Å². The van der Waals surface area contributed by atoms with Crippen molar-refractivity contribution in [1.29, 1.82) is 0 Å². The Hall–Kier alpha value is -2.05. The zero-order valence-corrected chi connectivity index (χ0v) is 13.5. The van der Waals surface area contributed by atoms with Crippen LogP contribution < -0.4 is 5.32 Å². The van der Waals surface area contributed by atoms with Crippen molar-refractivity contribution in [2.45, 2.75) is 6.54 Å². The quantitative estimate of drug-likeness (QED) is 0.732. The van der Waals surface area contributed by atoms with E-state index in [1.54, 1.807) is 30.3 Å². The second kappa shape index (κ2) is 6.37. The number of amides is 1. The molecule has 0 aliphatic heterocycles. The van der Waals surface area contributed by atoms with E-state index in [0.29, 0.717) is 21.1 Å². The SMILES string of the molecule is O=C(NCc1cc(-c2ccc(Cl)cc2)no1)c1ccc(Br)o1. The van der Waals surface area contributed by atoms with Gasteiger partial charge in [0.2, 0.25) is 0 Å². The molecule has 0 radical (unpaired) electrons. The first-order valence-electron chi connectivity index (χ1n) is 6.37. The Morgan fingerprint density at radius 1 is 1.23 bits per heavy atom. The zero-order valence-electron chi connectivity index (χ0n) is 11.2. The molecule has 0 spiro atoms. The molecule has 1 aromatic carbocycles. The average Bonchev–Trinajstić information content (AvgIpc) is 3.15. The third kappa shape index (κ3) is 3.40. The minimum Gasteiger partial charge on any atom is -0.444 e. The minimum atomic E-state index is -0.324. The smallest absolute Gasteiger partial charge is 0.287 e. The highest BCUT2D eigenvalue weighted by atomic mass is 79.9. The maximum Gasteiger partial charge on any atom is 0.287 e. The van der Waals surface area contributed by atoms with E-state index in [1.807, 2.05) is 12.1 Å². The first kappa shape index (κ1) is 14.9. The van der Waals surface area contributed by atoms with Crippen molar-refractivity contribution < 1.29 is 13.7 Å². The standard InChI is InChI=1S/C15H10BrClN2O3/c16-14-6-5-13(21-14)15(20)18-8-11-7-12(19-22-11)9-1-3-10(17)4-2-9/h1-7H,8H2,(H,18,20). The van der Waals surface area contributed by atoms with Crippen LogP contribution in [-0.4, -0.2) is 11.1 Å². The molecule has 0 atom stereocenters. The van der Waals surface area contributed by atoms with Crippen molar-refractivity contribution in [2.75, 3.05) is 0 Å². The number of benzene rings is 1. The van der Waals surface area contributed by atoms with Crippen LogP contribution in [0, 0.1) is 0 Å². The molecular formula is C15H10BrClN2O3. The Morgan fingerprint density at radius 3 is 2.68 bits per heavy atom. The number of hydrogen-bond acceptors (Lipinski definition) is 4. The van der Waals surface area contributed by atoms with E-state index in [0.717, 1.165) is 5.56 Å². The lowest BCUT2D eigenvalue weighted by atomic mass is 10.1. The number of hydrogen-bond donors (Lipinski definition) is 1. The summed E-state index contributed by atoms with van der Waals surface area (Å²) in [7, 11) is 0. The Kier molecular flexibility index (Phi) is 4.31. The number of nitrogens with one attached hydrogen (secondary N) is 1. The van der Waals surface area contributed by atoms with Gasteiger partial charge in [-0.3, -0.25) is 4.79 Å². The Labute approximate surface area is 139 Å². The van der Waals surface area contributed by atoms with Gasteiger partial charge in [0.05, 0.1) is 6.54 Å². The minimum absolute atomic E-state index is 0.220. The molecule has 7 heteroatoms. The molecule has 0 saturated carbocycles. The molecular weight excluding hydrogens is 372 g/mol. The molecule has 1 N–H and O–H groups in total. The third-order valence-corrected chi connectivity index (χ3v) is 3.60. The molecule has 0 aliphatic carbocycles. The van der Waals surface area contributed by atoms with Crippen LogP contribution in [0.15, 0.2) is 56.1 Å². The highest BCUT2D eigenvalue weighted by Crippen LogP contribution is 2.21. The summed E-state index contributed by atoms with van der Waals surface area (Å²) >= 11 is 8.99. The van der Waals surface area contributed by atoms with Crippen molar-refractivity contribution in [3.8, 4) is 11.3 Å². The number of furan rings is 1. The second-order valence-corrected chi connectivity index (χ2v) is 5.69. The lowest BCUT2D eigenvalue weighted by Crippen LogP contribution is -2.21. The van der Waals surface area contributed by atoms with Gasteiger partial charge in [0.25, 0.3) is 5.91 Å². The van der Waals surface area contributed by atoms with Crippen LogP contribution in [0.1, 0.15) is 16.3 Å². The molecule has 22 heavy (non-hydrogen) atoms. The third-order valence-electron chi connectivity index (χ3n) is 2.92. The molecule has 0 aliphatic rings. The molecule has 3 aromatic rings. The van der Waals surface area contributed by atoms with Crippen LogP contribution in [0.4, 0.5) is 0 Å². The van der Waals surface area contributed by atoms with E-state index in [4.69, 9.17) is 20.5 Å². The Balaban J connectivity index is 1.64. The van der Waals surface area contributed by atoms with Gasteiger partial charge in [0.1, 0.15) is 5.69 Å². The van der Waals surface area contributed by atoms with Crippen LogP contribution in [0.5, 0.6) is 0 Å². The highest BCUT2D eigenvalue weighted by molar-refractivity contribution is 9.10. The molecule has 3 rings (SSSR count). The monoisotopic (exact) mass is 380 g/mol. The van der Waals surface area contributed by atoms with Gasteiger partial charge in [-0.15, -0.1) is 0 Å². The summed E-state index contributed by atoms with van der Waals surface area (Å²) in [5.41, 5.74) is 1.57. The number of rotatable bonds is 4. The number of carbonyl (C=O) groups excluding carboxylic acids is 1. The first-order valence-corrected chi connectivity index (χ1v) is 7.54. The predicted octanol–water partition coefficient (Wildman–Crippen LogP) is 4.28. The molecule has 1 amide bonds. The summed E-state index contributed by atoms with van der Waals surface area (Å²) in [5, 5.41) is 7.32. The molecule has 5 nitrogen and oxygen atoms in total. The molecule has 2 aromatic heterocycles. The Morgan fingerprint density at radius 2 is 2.00 bits per heavy atom. The van der Waals surface area contributed by atoms with Crippen LogP contribution in [-0.2, 0) is 6.54 Å². The maximum atomic E-state index is 11.8. The fraction of sp³-hybridized carbons (Fsp3) is 0.0667. The van der Waals surface area contributed by atoms with E-state index in [1.165, 1.54) is 0 Å². The Bertz CT molecular complexity index is 795. The fourth-order valence-electron chi connectivity index (χ4n) is 1.84. The van der Waals surface area contributed by atoms with E-state index in [-0.39, 0.29) is 18.2 Å². The van der Waals surface area contributed by atoms with Crippen LogP contribution in [0.25, 0.3) is 11.3 Å². The maximum absolute atomic E-state index is 11.8. The number of nitrogens with zero attached hydrogens (tertiary/aromatic N) is 1. The van der Waals surface area contributed by atoms with Gasteiger partial charge >= 0.3 is 0 Å². The van der Waals surface area contributed by atoms with Crippen molar-refractivity contribution >= 4 is 33.4 Å². The topological polar surface area (TPSA) is 68.3 Å². The van der Waals surface area contributed by atoms with E-state index in [2.05, 4.69) is 26.4 Å². The molecule has 0 saturated heterocycles. The van der Waals surface area contributed by atoms with Gasteiger partial charge in [-0.05, 0) is 40.2 Å². The van der Waals surface area contributed by atoms with Gasteiger partial charge in [-0.2, -0.15) is 0 Å². The molecule has 0 unspecified atom stereocenters. The van der Waals surface area contributed by atoms with Crippen LogP contribution in [0.3, 0.4) is 0 Å². The van der Waals surface area contributed by atoms with Crippen molar-refractivity contribution in [1.82, 2.24) is 10.5 Å². The lowest BCUT2D eigenvalue weighted by Gasteiger charge is -1.98. The second-order valence-electron chi connectivity index (χ2n) is 4.47.